The van der Waals surface area contributed by atoms with E-state index in [0.29, 0.717) is 5.69 Å². The van der Waals surface area contributed by atoms with E-state index in [4.69, 9.17) is 5.73 Å². The number of halogens is 1. The van der Waals surface area contributed by atoms with Crippen LogP contribution in [0, 0.1) is 5.82 Å². The smallest absolute Gasteiger partial charge is 0.262 e. The Hall–Kier alpha value is -3.74. The lowest BCUT2D eigenvalue weighted by Crippen LogP contribution is -2.24. The Labute approximate surface area is 146 Å². The van der Waals surface area contributed by atoms with Crippen molar-refractivity contribution in [1.82, 2.24) is 9.88 Å². The minimum atomic E-state index is -0.638. The standard InChI is InChI=1S/C19H12FN3O3/c20-12-6-4-10(5-7-12)11-2-1-3-13(8-11)23-15(24)9-14-16(17(23)21)19(26)22-18(14)25/h1-9H,21H2,(H,22,25,26). The lowest BCUT2D eigenvalue weighted by molar-refractivity contribution is 0.0880. The maximum absolute atomic E-state index is 13.1. The van der Waals surface area contributed by atoms with Gasteiger partial charge in [0, 0.05) is 6.07 Å². The van der Waals surface area contributed by atoms with E-state index in [1.54, 1.807) is 30.3 Å². The van der Waals surface area contributed by atoms with Gasteiger partial charge in [-0.3, -0.25) is 24.3 Å². The normalized spacial score (nSPS) is 12.8. The van der Waals surface area contributed by atoms with Gasteiger partial charge in [-0.2, -0.15) is 0 Å². The van der Waals surface area contributed by atoms with Gasteiger partial charge < -0.3 is 5.73 Å². The fourth-order valence-electron chi connectivity index (χ4n) is 3.01. The second-order valence-corrected chi connectivity index (χ2v) is 5.83. The first kappa shape index (κ1) is 15.8. The third kappa shape index (κ3) is 2.37. The fourth-order valence-corrected chi connectivity index (χ4v) is 3.01. The quantitative estimate of drug-likeness (QED) is 0.693. The zero-order chi connectivity index (χ0) is 18.4. The summed E-state index contributed by atoms with van der Waals surface area (Å²) in [7, 11) is 0. The van der Waals surface area contributed by atoms with Crippen LogP contribution in [0.2, 0.25) is 0 Å². The molecule has 2 heterocycles. The number of nitrogens with one attached hydrogen (secondary N) is 1. The molecule has 6 nitrogen and oxygen atoms in total. The molecule has 3 aromatic rings. The van der Waals surface area contributed by atoms with E-state index in [0.717, 1.165) is 17.2 Å². The molecule has 1 aliphatic heterocycles. The Kier molecular flexibility index (Phi) is 3.43. The van der Waals surface area contributed by atoms with Gasteiger partial charge in [0.2, 0.25) is 0 Å². The first-order chi connectivity index (χ1) is 12.5. The SMILES string of the molecule is Nc1c2c(cc(=O)n1-c1cccc(-c3ccc(F)cc3)c1)C(=O)NC2=O. The second-order valence-electron chi connectivity index (χ2n) is 5.83. The number of carbonyl (C=O) groups excluding carboxylic acids is 2. The van der Waals surface area contributed by atoms with Crippen LogP contribution in [0.4, 0.5) is 10.2 Å². The summed E-state index contributed by atoms with van der Waals surface area (Å²) in [6.07, 6.45) is 0. The van der Waals surface area contributed by atoms with Gasteiger partial charge in [-0.15, -0.1) is 0 Å². The van der Waals surface area contributed by atoms with Crippen LogP contribution in [-0.4, -0.2) is 16.4 Å². The van der Waals surface area contributed by atoms with Crippen molar-refractivity contribution in [3.63, 3.8) is 0 Å². The number of anilines is 1. The molecule has 0 unspecified atom stereocenters. The number of hydrogen-bond acceptors (Lipinski definition) is 4. The van der Waals surface area contributed by atoms with Crippen LogP contribution in [0.5, 0.6) is 0 Å². The molecule has 3 N–H and O–H groups in total. The lowest BCUT2D eigenvalue weighted by atomic mass is 10.0. The average molecular weight is 349 g/mol. The number of pyridine rings is 1. The first-order valence-corrected chi connectivity index (χ1v) is 7.73. The zero-order valence-corrected chi connectivity index (χ0v) is 13.3. The van der Waals surface area contributed by atoms with Gasteiger partial charge in [0.1, 0.15) is 11.6 Å². The van der Waals surface area contributed by atoms with E-state index in [-0.39, 0.29) is 22.8 Å². The summed E-state index contributed by atoms with van der Waals surface area (Å²) in [6, 6.07) is 13.9. The zero-order valence-electron chi connectivity index (χ0n) is 13.3. The molecule has 1 aromatic heterocycles. The number of rotatable bonds is 2. The van der Waals surface area contributed by atoms with E-state index in [1.807, 2.05) is 6.07 Å². The Morgan fingerprint density at radius 1 is 0.885 bits per heavy atom. The summed E-state index contributed by atoms with van der Waals surface area (Å²) in [5.74, 6) is -1.72. The van der Waals surface area contributed by atoms with Gasteiger partial charge in [0.05, 0.1) is 16.8 Å². The molecule has 26 heavy (non-hydrogen) atoms. The van der Waals surface area contributed by atoms with Gasteiger partial charge >= 0.3 is 0 Å². The Morgan fingerprint density at radius 3 is 2.35 bits per heavy atom. The van der Waals surface area contributed by atoms with Gasteiger partial charge in [-0.25, -0.2) is 4.39 Å². The van der Waals surface area contributed by atoms with Crippen LogP contribution < -0.4 is 16.6 Å². The topological polar surface area (TPSA) is 94.2 Å². The number of carbonyl (C=O) groups is 2. The first-order valence-electron chi connectivity index (χ1n) is 7.73. The largest absolute Gasteiger partial charge is 0.384 e. The van der Waals surface area contributed by atoms with Crippen molar-refractivity contribution in [2.24, 2.45) is 0 Å². The summed E-state index contributed by atoms with van der Waals surface area (Å²) in [5.41, 5.74) is 7.40. The summed E-state index contributed by atoms with van der Waals surface area (Å²) < 4.78 is 14.3. The lowest BCUT2D eigenvalue weighted by Gasteiger charge is -2.13. The molecule has 0 fully saturated rings. The Balaban J connectivity index is 1.90. The minimum Gasteiger partial charge on any atom is -0.384 e. The number of fused-ring (bicyclic) bond motifs is 1. The van der Waals surface area contributed by atoms with E-state index in [9.17, 15) is 18.8 Å². The number of aromatic nitrogens is 1. The number of nitrogens with two attached hydrogens (primary N) is 1. The molecule has 0 saturated heterocycles. The van der Waals surface area contributed by atoms with E-state index >= 15 is 0 Å². The number of nitrogen functional groups attached to an aromatic ring is 1. The summed E-state index contributed by atoms with van der Waals surface area (Å²) in [4.78, 5) is 36.2. The van der Waals surface area contributed by atoms with Gasteiger partial charge in [0.25, 0.3) is 17.4 Å². The number of nitrogens with zero attached hydrogens (tertiary/aromatic N) is 1. The van der Waals surface area contributed by atoms with E-state index < -0.39 is 17.4 Å². The van der Waals surface area contributed by atoms with Gasteiger partial charge in [0.15, 0.2) is 0 Å². The van der Waals surface area contributed by atoms with Crippen LogP contribution in [0.1, 0.15) is 20.7 Å². The molecule has 2 aromatic carbocycles. The fraction of sp³-hybridized carbons (Fsp3) is 0. The van der Waals surface area contributed by atoms with Crippen molar-refractivity contribution in [3.05, 3.63) is 81.9 Å². The van der Waals surface area contributed by atoms with Gasteiger partial charge in [-0.1, -0.05) is 24.3 Å². The Morgan fingerprint density at radius 2 is 1.62 bits per heavy atom. The van der Waals surface area contributed by atoms with E-state index in [1.165, 1.54) is 16.7 Å². The predicted molar refractivity (Wildman–Crippen MR) is 93.6 cm³/mol. The Bertz CT molecular complexity index is 1130. The van der Waals surface area contributed by atoms with Crippen molar-refractivity contribution >= 4 is 17.6 Å². The maximum Gasteiger partial charge on any atom is 0.262 e. The number of imide groups is 1. The number of benzene rings is 2. The molecule has 0 atom stereocenters. The second kappa shape index (κ2) is 5.66. The third-order valence-corrected chi connectivity index (χ3v) is 4.24. The van der Waals surface area contributed by atoms with E-state index in [2.05, 4.69) is 5.32 Å². The van der Waals surface area contributed by atoms with Crippen LogP contribution in [0.15, 0.2) is 59.4 Å². The van der Waals surface area contributed by atoms with Crippen molar-refractivity contribution in [2.45, 2.75) is 0 Å². The van der Waals surface area contributed by atoms with Crippen molar-refractivity contribution in [3.8, 4) is 16.8 Å². The molecule has 0 radical (unpaired) electrons. The molecule has 0 saturated carbocycles. The molecule has 0 bridgehead atoms. The van der Waals surface area contributed by atoms with Crippen molar-refractivity contribution in [2.75, 3.05) is 5.73 Å². The molecule has 0 spiro atoms. The molecule has 2 amide bonds. The third-order valence-electron chi connectivity index (χ3n) is 4.24. The van der Waals surface area contributed by atoms with Crippen LogP contribution >= 0.6 is 0 Å². The van der Waals surface area contributed by atoms with Crippen LogP contribution in [-0.2, 0) is 0 Å². The molecule has 4 rings (SSSR count). The van der Waals surface area contributed by atoms with Gasteiger partial charge in [-0.05, 0) is 35.4 Å². The highest BCUT2D eigenvalue weighted by Crippen LogP contribution is 2.26. The highest BCUT2D eigenvalue weighted by atomic mass is 19.1. The highest BCUT2D eigenvalue weighted by Gasteiger charge is 2.31. The molecule has 0 aliphatic carbocycles. The average Bonchev–Trinajstić information content (AvgIpc) is 2.90. The number of hydrogen-bond donors (Lipinski definition) is 2. The summed E-state index contributed by atoms with van der Waals surface area (Å²) >= 11 is 0. The predicted octanol–water partition coefficient (Wildman–Crippen LogP) is 2.11. The number of amides is 2. The molecular weight excluding hydrogens is 337 g/mol. The maximum atomic E-state index is 13.1. The highest BCUT2D eigenvalue weighted by molar-refractivity contribution is 6.23. The summed E-state index contributed by atoms with van der Waals surface area (Å²) in [6.45, 7) is 0. The van der Waals surface area contributed by atoms with Crippen molar-refractivity contribution < 1.29 is 14.0 Å². The summed E-state index contributed by atoms with van der Waals surface area (Å²) in [5, 5.41) is 2.13. The molecule has 128 valence electrons. The molecular formula is C19H12FN3O3. The minimum absolute atomic E-state index is 0.0122. The van der Waals surface area contributed by atoms with Crippen LogP contribution in [0.25, 0.3) is 16.8 Å². The van der Waals surface area contributed by atoms with Crippen LogP contribution in [0.3, 0.4) is 0 Å². The molecule has 1 aliphatic rings. The molecule has 7 heteroatoms. The van der Waals surface area contributed by atoms with Crippen molar-refractivity contribution in [1.29, 1.82) is 0 Å². The monoisotopic (exact) mass is 349 g/mol.